The summed E-state index contributed by atoms with van der Waals surface area (Å²) in [6.45, 7) is 9.98. The second-order valence-electron chi connectivity index (χ2n) is 9.81. The van der Waals surface area contributed by atoms with E-state index in [1.54, 1.807) is 12.4 Å². The molecule has 7 nitrogen and oxygen atoms in total. The first-order valence-corrected chi connectivity index (χ1v) is 11.3. The number of piperidine rings is 1. The van der Waals surface area contributed by atoms with Gasteiger partial charge in [-0.1, -0.05) is 12.1 Å². The number of carbonyl (C=O) groups is 1. The van der Waals surface area contributed by atoms with Gasteiger partial charge in [0.25, 0.3) is 5.91 Å². The molecule has 1 saturated heterocycles. The predicted octanol–water partition coefficient (Wildman–Crippen LogP) is 4.75. The molecule has 5 rings (SSSR count). The third-order valence-corrected chi connectivity index (χ3v) is 6.23. The van der Waals surface area contributed by atoms with Crippen LogP contribution in [0.2, 0.25) is 0 Å². The fraction of sp³-hybridized carbons (Fsp3) is 0.400. The van der Waals surface area contributed by atoms with E-state index in [0.717, 1.165) is 54.0 Å². The molecule has 4 heterocycles. The van der Waals surface area contributed by atoms with Crippen LogP contribution in [0.5, 0.6) is 0 Å². The highest BCUT2D eigenvalue weighted by Crippen LogP contribution is 2.35. The number of H-pyrrole nitrogens is 1. The molecule has 0 saturated carbocycles. The molecule has 1 aliphatic rings. The van der Waals surface area contributed by atoms with Crippen LogP contribution in [-0.4, -0.2) is 48.8 Å². The summed E-state index contributed by atoms with van der Waals surface area (Å²) in [4.78, 5) is 27.6. The fourth-order valence-corrected chi connectivity index (χ4v) is 4.64. The molecule has 3 aromatic heterocycles. The van der Waals surface area contributed by atoms with E-state index in [-0.39, 0.29) is 11.4 Å². The molecule has 166 valence electrons. The van der Waals surface area contributed by atoms with Gasteiger partial charge >= 0.3 is 0 Å². The van der Waals surface area contributed by atoms with Crippen LogP contribution in [0.25, 0.3) is 16.6 Å². The van der Waals surface area contributed by atoms with Crippen LogP contribution >= 0.6 is 0 Å². The molecule has 0 spiro atoms. The van der Waals surface area contributed by atoms with Crippen LogP contribution in [0.3, 0.4) is 0 Å². The lowest BCUT2D eigenvalue weighted by Crippen LogP contribution is -2.38. The van der Waals surface area contributed by atoms with E-state index in [0.29, 0.717) is 11.6 Å². The van der Waals surface area contributed by atoms with Gasteiger partial charge in [-0.25, -0.2) is 4.98 Å². The molecule has 1 aromatic carbocycles. The fourth-order valence-electron chi connectivity index (χ4n) is 4.64. The average Bonchev–Trinajstić information content (AvgIpc) is 3.35. The number of anilines is 1. The standard InChI is InChI=1S/C25H30N6O/c1-16-6-5-7-19-18(16)14-20(27-19)24(32)30-11-8-17(9-12-30)22-23(29-25(2,3)4)31-13-10-26-15-21(31)28-22/h5-7,10,13-15,17,27,29H,8-9,11-12H2,1-4H3. The number of likely N-dealkylation sites (tertiary alicyclic amines) is 1. The second-order valence-corrected chi connectivity index (χ2v) is 9.81. The van der Waals surface area contributed by atoms with E-state index in [1.165, 1.54) is 5.56 Å². The minimum Gasteiger partial charge on any atom is -0.365 e. The number of nitrogens with one attached hydrogen (secondary N) is 2. The van der Waals surface area contributed by atoms with Crippen molar-refractivity contribution >= 4 is 28.3 Å². The summed E-state index contributed by atoms with van der Waals surface area (Å²) in [5.74, 6) is 1.41. The lowest BCUT2D eigenvalue weighted by Gasteiger charge is -2.32. The zero-order valence-electron chi connectivity index (χ0n) is 19.1. The zero-order chi connectivity index (χ0) is 22.5. The van der Waals surface area contributed by atoms with Gasteiger partial charge in [0, 0.05) is 47.8 Å². The Kier molecular flexibility index (Phi) is 4.92. The van der Waals surface area contributed by atoms with Gasteiger partial charge in [0.15, 0.2) is 5.65 Å². The first-order chi connectivity index (χ1) is 15.3. The maximum Gasteiger partial charge on any atom is 0.270 e. The normalized spacial score (nSPS) is 15.6. The minimum atomic E-state index is -0.0849. The Morgan fingerprint density at radius 3 is 2.72 bits per heavy atom. The van der Waals surface area contributed by atoms with Crippen molar-refractivity contribution < 1.29 is 4.79 Å². The number of nitrogens with zero attached hydrogens (tertiary/aromatic N) is 4. The van der Waals surface area contributed by atoms with Crippen LogP contribution in [0, 0.1) is 6.92 Å². The average molecular weight is 431 g/mol. The largest absolute Gasteiger partial charge is 0.365 e. The highest BCUT2D eigenvalue weighted by atomic mass is 16.2. The quantitative estimate of drug-likeness (QED) is 0.492. The van der Waals surface area contributed by atoms with Crippen LogP contribution in [0.1, 0.15) is 61.3 Å². The molecule has 0 atom stereocenters. The third kappa shape index (κ3) is 3.72. The molecule has 0 bridgehead atoms. The summed E-state index contributed by atoms with van der Waals surface area (Å²) in [5, 5.41) is 4.75. The van der Waals surface area contributed by atoms with Crippen molar-refractivity contribution in [2.75, 3.05) is 18.4 Å². The van der Waals surface area contributed by atoms with E-state index in [2.05, 4.69) is 53.4 Å². The van der Waals surface area contributed by atoms with Crippen molar-refractivity contribution in [1.82, 2.24) is 24.3 Å². The number of rotatable bonds is 3. The second kappa shape index (κ2) is 7.65. The van der Waals surface area contributed by atoms with Crippen molar-refractivity contribution in [3.05, 3.63) is 59.8 Å². The molecular formula is C25H30N6O. The SMILES string of the molecule is Cc1cccc2[nH]c(C(=O)N3CCC(c4nc5cnccn5c4NC(C)(C)C)CC3)cc12. The van der Waals surface area contributed by atoms with Gasteiger partial charge in [0.1, 0.15) is 11.5 Å². The Labute approximate surface area is 187 Å². The zero-order valence-corrected chi connectivity index (χ0v) is 19.1. The number of fused-ring (bicyclic) bond motifs is 2. The predicted molar refractivity (Wildman–Crippen MR) is 127 cm³/mol. The Morgan fingerprint density at radius 2 is 2.00 bits per heavy atom. The van der Waals surface area contributed by atoms with Crippen molar-refractivity contribution in [3.63, 3.8) is 0 Å². The lowest BCUT2D eigenvalue weighted by atomic mass is 9.92. The summed E-state index contributed by atoms with van der Waals surface area (Å²) in [6.07, 6.45) is 7.32. The molecule has 7 heteroatoms. The highest BCUT2D eigenvalue weighted by Gasteiger charge is 2.30. The van der Waals surface area contributed by atoms with E-state index in [4.69, 9.17) is 4.98 Å². The van der Waals surface area contributed by atoms with Gasteiger partial charge in [0.2, 0.25) is 0 Å². The number of benzene rings is 1. The molecule has 32 heavy (non-hydrogen) atoms. The smallest absolute Gasteiger partial charge is 0.270 e. The lowest BCUT2D eigenvalue weighted by molar-refractivity contribution is 0.0707. The van der Waals surface area contributed by atoms with Crippen LogP contribution in [-0.2, 0) is 0 Å². The van der Waals surface area contributed by atoms with E-state index in [9.17, 15) is 4.79 Å². The summed E-state index contributed by atoms with van der Waals surface area (Å²) in [6, 6.07) is 8.10. The number of aromatic nitrogens is 4. The molecule has 1 fully saturated rings. The topological polar surface area (TPSA) is 78.3 Å². The summed E-state index contributed by atoms with van der Waals surface area (Å²) in [5.41, 5.74) is 4.69. The molecule has 0 aliphatic carbocycles. The first-order valence-electron chi connectivity index (χ1n) is 11.3. The monoisotopic (exact) mass is 430 g/mol. The van der Waals surface area contributed by atoms with Crippen molar-refractivity contribution in [1.29, 1.82) is 0 Å². The summed E-state index contributed by atoms with van der Waals surface area (Å²) < 4.78 is 2.08. The highest BCUT2D eigenvalue weighted by molar-refractivity contribution is 5.98. The van der Waals surface area contributed by atoms with Gasteiger partial charge in [0.05, 0.1) is 11.9 Å². The molecule has 4 aromatic rings. The number of aryl methyl sites for hydroxylation is 1. The van der Waals surface area contributed by atoms with Gasteiger partial charge in [-0.15, -0.1) is 0 Å². The van der Waals surface area contributed by atoms with Gasteiger partial charge in [-0.05, 0) is 58.2 Å². The van der Waals surface area contributed by atoms with Crippen molar-refractivity contribution in [2.45, 2.75) is 52.0 Å². The number of amides is 1. The number of carbonyl (C=O) groups excluding carboxylic acids is 1. The summed E-state index contributed by atoms with van der Waals surface area (Å²) >= 11 is 0. The minimum absolute atomic E-state index is 0.0753. The number of aromatic amines is 1. The summed E-state index contributed by atoms with van der Waals surface area (Å²) in [7, 11) is 0. The van der Waals surface area contributed by atoms with Gasteiger partial charge < -0.3 is 15.2 Å². The maximum absolute atomic E-state index is 13.2. The van der Waals surface area contributed by atoms with Gasteiger partial charge in [-0.3, -0.25) is 14.2 Å². The van der Waals surface area contributed by atoms with Gasteiger partial charge in [-0.2, -0.15) is 0 Å². The van der Waals surface area contributed by atoms with Crippen LogP contribution in [0.15, 0.2) is 42.9 Å². The Balaban J connectivity index is 1.36. The van der Waals surface area contributed by atoms with Crippen molar-refractivity contribution in [2.24, 2.45) is 0 Å². The maximum atomic E-state index is 13.2. The number of hydrogen-bond donors (Lipinski definition) is 2. The molecule has 0 radical (unpaired) electrons. The van der Waals surface area contributed by atoms with E-state index >= 15 is 0 Å². The molecule has 0 unspecified atom stereocenters. The first kappa shape index (κ1) is 20.5. The third-order valence-electron chi connectivity index (χ3n) is 6.23. The van der Waals surface area contributed by atoms with Crippen LogP contribution < -0.4 is 5.32 Å². The molecular weight excluding hydrogens is 400 g/mol. The van der Waals surface area contributed by atoms with E-state index < -0.39 is 0 Å². The number of hydrogen-bond acceptors (Lipinski definition) is 4. The van der Waals surface area contributed by atoms with Crippen LogP contribution in [0.4, 0.5) is 5.82 Å². The molecule has 2 N–H and O–H groups in total. The molecule has 1 amide bonds. The van der Waals surface area contributed by atoms with Crippen molar-refractivity contribution in [3.8, 4) is 0 Å². The Morgan fingerprint density at radius 1 is 1.22 bits per heavy atom. The number of imidazole rings is 1. The molecule has 1 aliphatic heterocycles. The van der Waals surface area contributed by atoms with E-state index in [1.807, 2.05) is 29.3 Å². The Bertz CT molecular complexity index is 1290. The Hall–Kier alpha value is -3.35.